The van der Waals surface area contributed by atoms with Crippen LogP contribution in [0.3, 0.4) is 0 Å². The summed E-state index contributed by atoms with van der Waals surface area (Å²) in [4.78, 5) is 0.854. The molecule has 0 spiro atoms. The summed E-state index contributed by atoms with van der Waals surface area (Å²) in [6, 6.07) is 0. The highest BCUT2D eigenvalue weighted by molar-refractivity contribution is 9.09. The summed E-state index contributed by atoms with van der Waals surface area (Å²) in [5.74, 6) is 2.50. The largest absolute Gasteiger partial charge is 0.373 e. The van der Waals surface area contributed by atoms with Gasteiger partial charge in [0.15, 0.2) is 0 Å². The van der Waals surface area contributed by atoms with Crippen molar-refractivity contribution >= 4 is 31.9 Å². The predicted octanol–water partition coefficient (Wildman–Crippen LogP) is 3.82. The van der Waals surface area contributed by atoms with E-state index in [4.69, 9.17) is 15.9 Å². The Balaban J connectivity index is 1.70. The van der Waals surface area contributed by atoms with Gasteiger partial charge in [0.05, 0.1) is 24.4 Å². The van der Waals surface area contributed by atoms with Crippen molar-refractivity contribution in [2.45, 2.75) is 66.7 Å². The molecule has 19 heavy (non-hydrogen) atoms. The van der Waals surface area contributed by atoms with E-state index >= 15 is 0 Å². The zero-order valence-corrected chi connectivity index (χ0v) is 14.3. The topological polar surface area (TPSA) is 21.8 Å². The van der Waals surface area contributed by atoms with Crippen molar-refractivity contribution in [2.24, 2.45) is 0 Å². The fourth-order valence-electron chi connectivity index (χ4n) is 2.56. The first-order valence-electron chi connectivity index (χ1n) is 6.85. The first kappa shape index (κ1) is 15.6. The van der Waals surface area contributed by atoms with Gasteiger partial charge in [0.25, 0.3) is 0 Å². The zero-order chi connectivity index (χ0) is 13.8. The molecule has 2 heterocycles. The van der Waals surface area contributed by atoms with Gasteiger partial charge in [-0.25, -0.2) is 0 Å². The highest BCUT2D eigenvalue weighted by Crippen LogP contribution is 2.38. The zero-order valence-electron chi connectivity index (χ0n) is 11.1. The van der Waals surface area contributed by atoms with Crippen LogP contribution in [0.25, 0.3) is 0 Å². The average molecular weight is 392 g/mol. The minimum Gasteiger partial charge on any atom is -0.373 e. The number of rotatable bonds is 6. The number of hydrogen-bond donors (Lipinski definition) is 0. The van der Waals surface area contributed by atoms with Crippen LogP contribution in [0.5, 0.6) is 0 Å². The van der Waals surface area contributed by atoms with Gasteiger partial charge >= 0.3 is 0 Å². The molecule has 6 atom stereocenters. The molecule has 0 radical (unpaired) electrons. The molecule has 106 valence electrons. The third-order valence-electron chi connectivity index (χ3n) is 3.74. The van der Waals surface area contributed by atoms with E-state index in [2.05, 4.69) is 44.7 Å². The van der Waals surface area contributed by atoms with Gasteiger partial charge in [0, 0.05) is 9.65 Å². The molecule has 0 bridgehead atoms. The van der Waals surface area contributed by atoms with Crippen LogP contribution in [0.1, 0.15) is 32.6 Å². The van der Waals surface area contributed by atoms with Crippen LogP contribution < -0.4 is 0 Å². The van der Waals surface area contributed by atoms with Crippen LogP contribution >= 0.6 is 31.9 Å². The molecule has 2 saturated heterocycles. The Morgan fingerprint density at radius 2 is 2.16 bits per heavy atom. The maximum Gasteiger partial charge on any atom is 0.0876 e. The highest BCUT2D eigenvalue weighted by atomic mass is 79.9. The third-order valence-corrected chi connectivity index (χ3v) is 5.67. The number of allylic oxidation sites excluding steroid dienone is 1. The lowest BCUT2D eigenvalue weighted by atomic mass is 10.1. The van der Waals surface area contributed by atoms with E-state index < -0.39 is 0 Å². The molecule has 2 fully saturated rings. The normalized spacial score (nSPS) is 39.4. The first-order chi connectivity index (χ1) is 9.15. The summed E-state index contributed by atoms with van der Waals surface area (Å²) in [5.41, 5.74) is 0. The number of halogens is 2. The van der Waals surface area contributed by atoms with Gasteiger partial charge in [0.2, 0.25) is 0 Å². The molecule has 0 aliphatic carbocycles. The van der Waals surface area contributed by atoms with E-state index in [0.29, 0.717) is 34.1 Å². The van der Waals surface area contributed by atoms with Crippen molar-refractivity contribution in [3.8, 4) is 12.3 Å². The molecule has 1 unspecified atom stereocenters. The quantitative estimate of drug-likeness (QED) is 0.390. The Labute approximate surface area is 132 Å². The van der Waals surface area contributed by atoms with Crippen molar-refractivity contribution in [3.05, 3.63) is 12.2 Å². The van der Waals surface area contributed by atoms with E-state index in [1.807, 2.05) is 6.08 Å². The van der Waals surface area contributed by atoms with E-state index in [9.17, 15) is 0 Å². The molecule has 0 saturated carbocycles. The number of alkyl halides is 2. The molecule has 0 aromatic carbocycles. The van der Waals surface area contributed by atoms with E-state index in [1.54, 1.807) is 6.08 Å². The molecule has 0 amide bonds. The monoisotopic (exact) mass is 390 g/mol. The standard InChI is InChI=1S/C15H20Br2O2/c1-3-5-6-7-13-15(19-13)9-11(17)14-8-10(16)12(4-2)18-14/h1,5-6,10-15H,4,7-9H2,2H3/b6-5+/t10-,11-,12+,13-,14?,15+/m0/s1. The van der Waals surface area contributed by atoms with E-state index in [1.165, 1.54) is 0 Å². The average Bonchev–Trinajstić information content (AvgIpc) is 3.00. The second kappa shape index (κ2) is 7.26. The smallest absolute Gasteiger partial charge is 0.0876 e. The molecule has 0 aromatic heterocycles. The Hall–Kier alpha value is 0.180. The van der Waals surface area contributed by atoms with Crippen molar-refractivity contribution < 1.29 is 9.47 Å². The summed E-state index contributed by atoms with van der Waals surface area (Å²) in [5, 5.41) is 0. The van der Waals surface area contributed by atoms with Crippen LogP contribution in [-0.4, -0.2) is 34.1 Å². The molecule has 4 heteroatoms. The maximum absolute atomic E-state index is 6.06. The summed E-state index contributed by atoms with van der Waals surface area (Å²) >= 11 is 7.47. The van der Waals surface area contributed by atoms with E-state index in [0.717, 1.165) is 25.7 Å². The Morgan fingerprint density at radius 3 is 2.79 bits per heavy atom. The second-order valence-corrected chi connectivity index (χ2v) is 7.49. The highest BCUT2D eigenvalue weighted by Gasteiger charge is 2.43. The molecule has 2 aliphatic heterocycles. The lowest BCUT2D eigenvalue weighted by Crippen LogP contribution is -2.23. The molecule has 2 nitrogen and oxygen atoms in total. The Kier molecular flexibility index (Phi) is 5.95. The number of terminal acetylenes is 1. The van der Waals surface area contributed by atoms with Crippen LogP contribution in [0, 0.1) is 12.3 Å². The molecule has 2 rings (SSSR count). The fourth-order valence-corrected chi connectivity index (χ4v) is 4.14. The van der Waals surface area contributed by atoms with Crippen molar-refractivity contribution in [2.75, 3.05) is 0 Å². The Morgan fingerprint density at radius 1 is 1.37 bits per heavy atom. The van der Waals surface area contributed by atoms with Gasteiger partial charge in [-0.15, -0.1) is 6.42 Å². The van der Waals surface area contributed by atoms with Crippen LogP contribution in [0.15, 0.2) is 12.2 Å². The molecule has 0 aromatic rings. The summed E-state index contributed by atoms with van der Waals surface area (Å²) in [6.07, 6.45) is 14.3. The Bertz CT molecular complexity index is 364. The van der Waals surface area contributed by atoms with Gasteiger partial charge in [-0.05, 0) is 31.8 Å². The lowest BCUT2D eigenvalue weighted by Gasteiger charge is -2.17. The number of hydrogen-bond acceptors (Lipinski definition) is 2. The third kappa shape index (κ3) is 4.32. The van der Waals surface area contributed by atoms with Crippen LogP contribution in [0.4, 0.5) is 0 Å². The van der Waals surface area contributed by atoms with Crippen LogP contribution in [-0.2, 0) is 9.47 Å². The minimum absolute atomic E-state index is 0.292. The van der Waals surface area contributed by atoms with E-state index in [-0.39, 0.29) is 0 Å². The van der Waals surface area contributed by atoms with Crippen molar-refractivity contribution in [1.29, 1.82) is 0 Å². The number of ether oxygens (including phenoxy) is 2. The molecular formula is C15H20Br2O2. The van der Waals surface area contributed by atoms with Gasteiger partial charge < -0.3 is 9.47 Å². The lowest BCUT2D eigenvalue weighted by molar-refractivity contribution is 0.0426. The number of epoxide rings is 1. The van der Waals surface area contributed by atoms with Crippen LogP contribution in [0.2, 0.25) is 0 Å². The van der Waals surface area contributed by atoms with Gasteiger partial charge in [0.1, 0.15) is 0 Å². The maximum atomic E-state index is 6.06. The SMILES string of the molecule is C#C/C=C/C[C@@H]1O[C@@H]1C[C@H](Br)C1C[C@H](Br)[C@@H](CC)O1. The molecule has 2 aliphatic rings. The second-order valence-electron chi connectivity index (χ2n) is 5.14. The fraction of sp³-hybridized carbons (Fsp3) is 0.733. The predicted molar refractivity (Wildman–Crippen MR) is 84.9 cm³/mol. The van der Waals surface area contributed by atoms with Gasteiger partial charge in [-0.2, -0.15) is 0 Å². The van der Waals surface area contributed by atoms with Crippen molar-refractivity contribution in [3.63, 3.8) is 0 Å². The summed E-state index contributed by atoms with van der Waals surface area (Å²) in [7, 11) is 0. The molecule has 0 N–H and O–H groups in total. The van der Waals surface area contributed by atoms with Gasteiger partial charge in [-0.3, -0.25) is 0 Å². The summed E-state index contributed by atoms with van der Waals surface area (Å²) in [6.45, 7) is 2.17. The molecular weight excluding hydrogens is 372 g/mol. The van der Waals surface area contributed by atoms with Gasteiger partial charge in [-0.1, -0.05) is 50.8 Å². The summed E-state index contributed by atoms with van der Waals surface area (Å²) < 4.78 is 11.7. The first-order valence-corrected chi connectivity index (χ1v) is 8.69. The van der Waals surface area contributed by atoms with Crippen molar-refractivity contribution in [1.82, 2.24) is 0 Å². The minimum atomic E-state index is 0.292.